The molecule has 1 atom stereocenters. The van der Waals surface area contributed by atoms with Crippen molar-refractivity contribution >= 4 is 23.3 Å². The van der Waals surface area contributed by atoms with Crippen molar-refractivity contribution in [3.63, 3.8) is 0 Å². The van der Waals surface area contributed by atoms with Crippen molar-refractivity contribution in [3.05, 3.63) is 29.3 Å². The number of unbranched alkanes of at least 4 members (excludes halogenated alkanes) is 1. The molecule has 4 heteroatoms. The van der Waals surface area contributed by atoms with Crippen LogP contribution >= 0.6 is 11.6 Å². The lowest BCUT2D eigenvalue weighted by Crippen LogP contribution is -2.40. The van der Waals surface area contributed by atoms with Gasteiger partial charge < -0.3 is 9.64 Å². The summed E-state index contributed by atoms with van der Waals surface area (Å²) in [6.07, 6.45) is 2.12. The maximum Gasteiger partial charge on any atom is 0.328 e. The molecule has 0 radical (unpaired) electrons. The van der Waals surface area contributed by atoms with E-state index in [9.17, 15) is 4.79 Å². The molecule has 0 N–H and O–H groups in total. The lowest BCUT2D eigenvalue weighted by molar-refractivity contribution is -0.144. The van der Waals surface area contributed by atoms with E-state index in [1.165, 1.54) is 0 Å². The Morgan fingerprint density at radius 2 is 1.95 bits per heavy atom. The molecule has 0 aliphatic carbocycles. The molecule has 0 unspecified atom stereocenters. The zero-order chi connectivity index (χ0) is 14.3. The van der Waals surface area contributed by atoms with Crippen LogP contribution in [0.4, 0.5) is 5.69 Å². The molecule has 0 saturated heterocycles. The molecule has 0 aliphatic heterocycles. The van der Waals surface area contributed by atoms with E-state index in [4.69, 9.17) is 16.3 Å². The number of halogens is 1. The normalized spacial score (nSPS) is 12.0. The summed E-state index contributed by atoms with van der Waals surface area (Å²) in [7, 11) is 0. The molecule has 0 saturated carbocycles. The van der Waals surface area contributed by atoms with Gasteiger partial charge in [0, 0.05) is 17.3 Å². The summed E-state index contributed by atoms with van der Waals surface area (Å²) < 4.78 is 5.10. The predicted octanol–water partition coefficient (Wildman–Crippen LogP) is 3.90. The Morgan fingerprint density at radius 3 is 2.47 bits per heavy atom. The average Bonchev–Trinajstić information content (AvgIpc) is 2.41. The molecule has 1 aromatic carbocycles. The monoisotopic (exact) mass is 283 g/mol. The first-order chi connectivity index (χ1) is 9.10. The van der Waals surface area contributed by atoms with Crippen molar-refractivity contribution < 1.29 is 9.53 Å². The van der Waals surface area contributed by atoms with Gasteiger partial charge in [0.25, 0.3) is 0 Å². The number of esters is 1. The van der Waals surface area contributed by atoms with Crippen LogP contribution in [0, 0.1) is 0 Å². The molecule has 1 rings (SSSR count). The highest BCUT2D eigenvalue weighted by Crippen LogP contribution is 2.21. The van der Waals surface area contributed by atoms with Gasteiger partial charge in [0.2, 0.25) is 0 Å². The molecule has 0 heterocycles. The van der Waals surface area contributed by atoms with Crippen molar-refractivity contribution in [1.29, 1.82) is 0 Å². The Bertz CT molecular complexity index is 392. The second kappa shape index (κ2) is 8.05. The SMILES string of the molecule is CCCCN(c1ccc(Cl)cc1)[C@@H](C)C(=O)OCC. The molecular formula is C15H22ClNO2. The molecule has 1 aromatic rings. The molecule has 0 aliphatic rings. The molecule has 0 bridgehead atoms. The zero-order valence-corrected chi connectivity index (χ0v) is 12.6. The highest BCUT2D eigenvalue weighted by Gasteiger charge is 2.22. The highest BCUT2D eigenvalue weighted by molar-refractivity contribution is 6.30. The number of hydrogen-bond acceptors (Lipinski definition) is 3. The van der Waals surface area contributed by atoms with Crippen molar-refractivity contribution in [2.75, 3.05) is 18.1 Å². The molecule has 106 valence electrons. The molecule has 0 fully saturated rings. The largest absolute Gasteiger partial charge is 0.464 e. The second-order valence-corrected chi connectivity index (χ2v) is 4.89. The van der Waals surface area contributed by atoms with E-state index < -0.39 is 0 Å². The maximum absolute atomic E-state index is 11.9. The van der Waals surface area contributed by atoms with E-state index in [0.29, 0.717) is 11.6 Å². The minimum Gasteiger partial charge on any atom is -0.464 e. The smallest absolute Gasteiger partial charge is 0.328 e. The average molecular weight is 284 g/mol. The number of rotatable bonds is 7. The van der Waals surface area contributed by atoms with Crippen LogP contribution in [0.5, 0.6) is 0 Å². The second-order valence-electron chi connectivity index (χ2n) is 4.45. The van der Waals surface area contributed by atoms with E-state index in [1.807, 2.05) is 38.1 Å². The predicted molar refractivity (Wildman–Crippen MR) is 79.8 cm³/mol. The van der Waals surface area contributed by atoms with Crippen molar-refractivity contribution in [1.82, 2.24) is 0 Å². The zero-order valence-electron chi connectivity index (χ0n) is 11.9. The highest BCUT2D eigenvalue weighted by atomic mass is 35.5. The van der Waals surface area contributed by atoms with Gasteiger partial charge in [-0.1, -0.05) is 24.9 Å². The van der Waals surface area contributed by atoms with Crippen LogP contribution in [-0.2, 0) is 9.53 Å². The molecule has 3 nitrogen and oxygen atoms in total. The third-order valence-electron chi connectivity index (χ3n) is 3.01. The Labute approximate surface area is 120 Å². The molecule has 0 amide bonds. The fourth-order valence-corrected chi connectivity index (χ4v) is 2.02. The number of hydrogen-bond donors (Lipinski definition) is 0. The van der Waals surface area contributed by atoms with Crippen LogP contribution in [0.25, 0.3) is 0 Å². The van der Waals surface area contributed by atoms with Crippen LogP contribution in [0.2, 0.25) is 5.02 Å². The van der Waals surface area contributed by atoms with Gasteiger partial charge in [-0.3, -0.25) is 0 Å². The summed E-state index contributed by atoms with van der Waals surface area (Å²) in [5.41, 5.74) is 0.999. The first kappa shape index (κ1) is 15.8. The van der Waals surface area contributed by atoms with Gasteiger partial charge in [-0.05, 0) is 44.5 Å². The van der Waals surface area contributed by atoms with Crippen molar-refractivity contribution in [3.8, 4) is 0 Å². The third-order valence-corrected chi connectivity index (χ3v) is 3.26. The summed E-state index contributed by atoms with van der Waals surface area (Å²) in [6, 6.07) is 7.27. The van der Waals surface area contributed by atoms with Crippen LogP contribution < -0.4 is 4.90 Å². The fraction of sp³-hybridized carbons (Fsp3) is 0.533. The summed E-state index contributed by atoms with van der Waals surface area (Å²) in [6.45, 7) is 7.07. The topological polar surface area (TPSA) is 29.5 Å². The molecule has 0 aromatic heterocycles. The van der Waals surface area contributed by atoms with Crippen LogP contribution in [0.15, 0.2) is 24.3 Å². The Hall–Kier alpha value is -1.22. The van der Waals surface area contributed by atoms with E-state index in [2.05, 4.69) is 11.8 Å². The molecular weight excluding hydrogens is 262 g/mol. The van der Waals surface area contributed by atoms with Gasteiger partial charge in [-0.2, -0.15) is 0 Å². The van der Waals surface area contributed by atoms with Crippen molar-refractivity contribution in [2.45, 2.75) is 39.7 Å². The number of anilines is 1. The third kappa shape index (κ3) is 4.75. The Morgan fingerprint density at radius 1 is 1.32 bits per heavy atom. The van der Waals surface area contributed by atoms with E-state index in [0.717, 1.165) is 25.1 Å². The number of nitrogens with zero attached hydrogens (tertiary/aromatic N) is 1. The summed E-state index contributed by atoms with van der Waals surface area (Å²) in [5.74, 6) is -0.187. The van der Waals surface area contributed by atoms with E-state index in [1.54, 1.807) is 0 Å². The maximum atomic E-state index is 11.9. The summed E-state index contributed by atoms with van der Waals surface area (Å²) >= 11 is 5.90. The summed E-state index contributed by atoms with van der Waals surface area (Å²) in [5, 5.41) is 0.697. The summed E-state index contributed by atoms with van der Waals surface area (Å²) in [4.78, 5) is 14.0. The van der Waals surface area contributed by atoms with Gasteiger partial charge in [0.1, 0.15) is 6.04 Å². The van der Waals surface area contributed by atoms with Gasteiger partial charge in [0.05, 0.1) is 6.61 Å². The Kier molecular flexibility index (Phi) is 6.71. The first-order valence-electron chi connectivity index (χ1n) is 6.79. The number of carbonyl (C=O) groups excluding carboxylic acids is 1. The van der Waals surface area contributed by atoms with Gasteiger partial charge >= 0.3 is 5.97 Å². The Balaban J connectivity index is 2.87. The minimum absolute atomic E-state index is 0.187. The first-order valence-corrected chi connectivity index (χ1v) is 7.16. The van der Waals surface area contributed by atoms with Gasteiger partial charge in [0.15, 0.2) is 0 Å². The van der Waals surface area contributed by atoms with Gasteiger partial charge in [-0.15, -0.1) is 0 Å². The standard InChI is InChI=1S/C15H22ClNO2/c1-4-6-11-17(12(3)15(18)19-5-2)14-9-7-13(16)8-10-14/h7-10,12H,4-6,11H2,1-3H3/t12-/m0/s1. The van der Waals surface area contributed by atoms with Crippen LogP contribution in [-0.4, -0.2) is 25.2 Å². The van der Waals surface area contributed by atoms with Crippen LogP contribution in [0.3, 0.4) is 0 Å². The number of carbonyl (C=O) groups is 1. The van der Waals surface area contributed by atoms with E-state index in [-0.39, 0.29) is 12.0 Å². The number of ether oxygens (including phenoxy) is 1. The minimum atomic E-state index is -0.285. The van der Waals surface area contributed by atoms with Crippen LogP contribution in [0.1, 0.15) is 33.6 Å². The number of benzene rings is 1. The molecule has 0 spiro atoms. The lowest BCUT2D eigenvalue weighted by Gasteiger charge is -2.29. The van der Waals surface area contributed by atoms with Crippen molar-refractivity contribution in [2.24, 2.45) is 0 Å². The lowest BCUT2D eigenvalue weighted by atomic mass is 10.2. The fourth-order valence-electron chi connectivity index (χ4n) is 1.90. The molecule has 19 heavy (non-hydrogen) atoms. The van der Waals surface area contributed by atoms with Gasteiger partial charge in [-0.25, -0.2) is 4.79 Å². The quantitative estimate of drug-likeness (QED) is 0.711. The van der Waals surface area contributed by atoms with E-state index >= 15 is 0 Å².